The number of halogens is 1. The molecule has 8 heteroatoms. The Kier molecular flexibility index (Phi) is 7.19. The van der Waals surface area contributed by atoms with Crippen LogP contribution in [0.1, 0.15) is 13.8 Å². The highest BCUT2D eigenvalue weighted by Gasteiger charge is 2.37. The van der Waals surface area contributed by atoms with Gasteiger partial charge in [-0.3, -0.25) is 8.37 Å². The third kappa shape index (κ3) is 3.61. The molecule has 0 spiro atoms. The fourth-order valence-electron chi connectivity index (χ4n) is 1.98. The first-order valence-electron chi connectivity index (χ1n) is 6.45. The maximum Gasteiger partial charge on any atom is 0.261 e. The summed E-state index contributed by atoms with van der Waals surface area (Å²) in [4.78, 5) is 8.81. The van der Waals surface area contributed by atoms with Crippen LogP contribution in [-0.4, -0.2) is 49.0 Å². The maximum absolute atomic E-state index is 5.77. The van der Waals surface area contributed by atoms with Gasteiger partial charge in [-0.15, -0.1) is 10.6 Å². The molecule has 0 aliphatic carbocycles. The predicted octanol–water partition coefficient (Wildman–Crippen LogP) is 3.20. The molecule has 21 heavy (non-hydrogen) atoms. The van der Waals surface area contributed by atoms with Gasteiger partial charge in [-0.2, -0.15) is 4.98 Å². The van der Waals surface area contributed by atoms with Crippen LogP contribution >= 0.6 is 26.5 Å². The molecular formula is C13H23BrN2O4S. The molecule has 1 heterocycles. The lowest BCUT2D eigenvalue weighted by atomic mass is 10.2. The highest BCUT2D eigenvalue weighted by atomic mass is 79.9. The smallest absolute Gasteiger partial charge is 0.261 e. The van der Waals surface area contributed by atoms with Crippen LogP contribution in [0.15, 0.2) is 11.4 Å². The molecule has 0 radical (unpaired) electrons. The third-order valence-electron chi connectivity index (χ3n) is 3.16. The Morgan fingerprint density at radius 3 is 2.14 bits per heavy atom. The van der Waals surface area contributed by atoms with Crippen molar-refractivity contribution in [3.05, 3.63) is 6.20 Å². The molecule has 1 aromatic rings. The minimum absolute atomic E-state index is 0.102. The molecule has 0 N–H and O–H groups in total. The monoisotopic (exact) mass is 382 g/mol. The van der Waals surface area contributed by atoms with E-state index in [0.29, 0.717) is 22.7 Å². The van der Waals surface area contributed by atoms with E-state index in [4.69, 9.17) is 17.8 Å². The zero-order valence-electron chi connectivity index (χ0n) is 13.3. The summed E-state index contributed by atoms with van der Waals surface area (Å²) >= 11 is 3.54. The van der Waals surface area contributed by atoms with E-state index in [1.807, 2.05) is 0 Å². The molecule has 0 saturated heterocycles. The topological polar surface area (TPSA) is 62.7 Å². The van der Waals surface area contributed by atoms with Gasteiger partial charge < -0.3 is 9.47 Å². The number of aromatic nitrogens is 2. The third-order valence-corrected chi connectivity index (χ3v) is 7.49. The summed E-state index contributed by atoms with van der Waals surface area (Å²) in [5, 5.41) is 1.31. The number of hydrogen-bond donors (Lipinski definition) is 0. The van der Waals surface area contributed by atoms with E-state index in [0.717, 1.165) is 5.33 Å². The lowest BCUT2D eigenvalue weighted by Crippen LogP contribution is -2.29. The minimum atomic E-state index is -2.10. The Morgan fingerprint density at radius 2 is 1.76 bits per heavy atom. The van der Waals surface area contributed by atoms with Gasteiger partial charge in [0.1, 0.15) is 0 Å². The number of rotatable bonds is 8. The summed E-state index contributed by atoms with van der Waals surface area (Å²) < 4.78 is 22.0. The van der Waals surface area contributed by atoms with Gasteiger partial charge in [0.15, 0.2) is 5.75 Å². The van der Waals surface area contributed by atoms with Crippen LogP contribution in [0.3, 0.4) is 0 Å². The molecule has 0 saturated carbocycles. The van der Waals surface area contributed by atoms with Crippen molar-refractivity contribution in [3.8, 4) is 11.6 Å². The minimum Gasteiger partial charge on any atom is -0.490 e. The highest BCUT2D eigenvalue weighted by molar-refractivity contribution is 9.09. The first kappa shape index (κ1) is 18.5. The second-order valence-electron chi connectivity index (χ2n) is 4.55. The first-order chi connectivity index (χ1) is 10.00. The van der Waals surface area contributed by atoms with Crippen LogP contribution in [0.2, 0.25) is 0 Å². The average Bonchev–Trinajstić information content (AvgIpc) is 2.51. The van der Waals surface area contributed by atoms with Gasteiger partial charge in [-0.25, -0.2) is 4.98 Å². The normalized spacial score (nSPS) is 14.1. The van der Waals surface area contributed by atoms with Crippen molar-refractivity contribution in [2.75, 3.05) is 33.8 Å². The number of nitrogens with zero attached hydrogens (tertiary/aromatic N) is 2. The van der Waals surface area contributed by atoms with E-state index in [1.165, 1.54) is 7.11 Å². The average molecular weight is 383 g/mol. The Labute approximate surface area is 136 Å². The number of hydrogen-bond acceptors (Lipinski definition) is 6. The van der Waals surface area contributed by atoms with Crippen molar-refractivity contribution < 1.29 is 17.8 Å². The lowest BCUT2D eigenvalue weighted by molar-refractivity contribution is 0.314. The molecule has 1 atom stereocenters. The summed E-state index contributed by atoms with van der Waals surface area (Å²) in [5.74, 6) is 1.17. The molecule has 0 bridgehead atoms. The van der Waals surface area contributed by atoms with Crippen LogP contribution in [0.4, 0.5) is 0 Å². The first-order valence-corrected chi connectivity index (χ1v) is 9.11. The molecule has 0 amide bonds. The van der Waals surface area contributed by atoms with Crippen LogP contribution in [0.5, 0.6) is 11.6 Å². The lowest BCUT2D eigenvalue weighted by Gasteiger charge is -2.46. The second-order valence-corrected chi connectivity index (χ2v) is 7.92. The maximum atomic E-state index is 5.77. The van der Waals surface area contributed by atoms with Crippen LogP contribution in [-0.2, 0) is 8.37 Å². The van der Waals surface area contributed by atoms with Gasteiger partial charge >= 0.3 is 0 Å². The van der Waals surface area contributed by atoms with Gasteiger partial charge in [-0.05, 0) is 5.92 Å². The van der Waals surface area contributed by atoms with Gasteiger partial charge in [0.2, 0.25) is 5.16 Å². The number of ether oxygens (including phenoxy) is 2. The fraction of sp³-hybridized carbons (Fsp3) is 0.692. The molecule has 1 aromatic heterocycles. The van der Waals surface area contributed by atoms with Gasteiger partial charge in [0, 0.05) is 5.33 Å². The quantitative estimate of drug-likeness (QED) is 0.508. The van der Waals surface area contributed by atoms with Gasteiger partial charge in [0.25, 0.3) is 5.88 Å². The molecule has 0 aliphatic heterocycles. The van der Waals surface area contributed by atoms with Crippen LogP contribution < -0.4 is 9.47 Å². The van der Waals surface area contributed by atoms with Crippen molar-refractivity contribution in [3.63, 3.8) is 0 Å². The van der Waals surface area contributed by atoms with E-state index >= 15 is 0 Å². The second kappa shape index (κ2) is 8.17. The Hall–Kier alpha value is -0.570. The largest absolute Gasteiger partial charge is 0.490 e. The molecule has 1 rings (SSSR count). The summed E-state index contributed by atoms with van der Waals surface area (Å²) in [6, 6.07) is 0. The summed E-state index contributed by atoms with van der Waals surface area (Å²) in [6.45, 7) is 4.24. The Bertz CT molecular complexity index is 458. The molecular weight excluding hydrogens is 360 g/mol. The number of methoxy groups -OCH3 is 2. The van der Waals surface area contributed by atoms with E-state index in [9.17, 15) is 0 Å². The SMILES string of the molecule is COc1cnc(S(OC)(OC)C(CBr)C(C)C)nc1OC. The fourth-order valence-corrected chi connectivity index (χ4v) is 6.27. The van der Waals surface area contributed by atoms with Crippen molar-refractivity contribution in [1.29, 1.82) is 0 Å². The Balaban J connectivity index is 3.40. The van der Waals surface area contributed by atoms with Crippen LogP contribution in [0, 0.1) is 5.92 Å². The van der Waals surface area contributed by atoms with Crippen LogP contribution in [0.25, 0.3) is 0 Å². The molecule has 0 aliphatic rings. The molecule has 6 nitrogen and oxygen atoms in total. The zero-order valence-corrected chi connectivity index (χ0v) is 15.7. The van der Waals surface area contributed by atoms with Crippen molar-refractivity contribution in [2.24, 2.45) is 5.92 Å². The van der Waals surface area contributed by atoms with Crippen molar-refractivity contribution in [2.45, 2.75) is 24.3 Å². The molecule has 122 valence electrons. The van der Waals surface area contributed by atoms with E-state index in [1.54, 1.807) is 27.5 Å². The van der Waals surface area contributed by atoms with Crippen molar-refractivity contribution >= 4 is 26.5 Å². The molecule has 0 aromatic carbocycles. The Morgan fingerprint density at radius 1 is 1.14 bits per heavy atom. The predicted molar refractivity (Wildman–Crippen MR) is 87.4 cm³/mol. The van der Waals surface area contributed by atoms with Crippen molar-refractivity contribution in [1.82, 2.24) is 9.97 Å². The summed E-state index contributed by atoms with van der Waals surface area (Å²) in [6.07, 6.45) is 1.58. The van der Waals surface area contributed by atoms with Gasteiger partial charge in [-0.1, -0.05) is 29.8 Å². The highest BCUT2D eigenvalue weighted by Crippen LogP contribution is 2.61. The molecule has 1 unspecified atom stereocenters. The van der Waals surface area contributed by atoms with Gasteiger partial charge in [0.05, 0.1) is 39.9 Å². The summed E-state index contributed by atoms with van der Waals surface area (Å²) in [7, 11) is 4.22. The molecule has 0 fully saturated rings. The van der Waals surface area contributed by atoms with E-state index < -0.39 is 10.6 Å². The zero-order chi connectivity index (χ0) is 16.0. The van der Waals surface area contributed by atoms with E-state index in [2.05, 4.69) is 39.7 Å². The van der Waals surface area contributed by atoms with E-state index in [-0.39, 0.29) is 5.25 Å². The standard InChI is InChI=1S/C13H23BrN2O4S/c1-9(2)11(7-14)21(19-5,20-6)13-15-8-10(17-3)12(16-13)18-4/h8-9,11H,7H2,1-6H3. The number of alkyl halides is 1. The summed E-state index contributed by atoms with van der Waals surface area (Å²) in [5.41, 5.74) is 0.